The van der Waals surface area contributed by atoms with Gasteiger partial charge in [-0.2, -0.15) is 13.5 Å². The first-order valence-electron chi connectivity index (χ1n) is 7.48. The van der Waals surface area contributed by atoms with E-state index < -0.39 is 10.1 Å². The number of nitrogens with zero attached hydrogens (tertiary/aromatic N) is 1. The molecule has 0 saturated heterocycles. The second-order valence-electron chi connectivity index (χ2n) is 5.54. The van der Waals surface area contributed by atoms with Crippen LogP contribution in [0.5, 0.6) is 0 Å². The van der Waals surface area contributed by atoms with Crippen LogP contribution >= 0.6 is 0 Å². The third-order valence-corrected chi connectivity index (χ3v) is 3.54. The van der Waals surface area contributed by atoms with Crippen molar-refractivity contribution in [3.05, 3.63) is 41.0 Å². The number of fused-ring (bicyclic) bond motifs is 1. The van der Waals surface area contributed by atoms with Crippen LogP contribution in [-0.4, -0.2) is 31.5 Å². The lowest BCUT2D eigenvalue weighted by Crippen LogP contribution is -2.24. The number of rotatable bonds is 3. The molecule has 1 aromatic carbocycles. The van der Waals surface area contributed by atoms with Crippen molar-refractivity contribution in [2.24, 2.45) is 16.9 Å². The van der Waals surface area contributed by atoms with Gasteiger partial charge < -0.3 is 11.2 Å². The zero-order chi connectivity index (χ0) is 18.2. The fraction of sp³-hybridized carbons (Fsp3) is 0.375. The fourth-order valence-electron chi connectivity index (χ4n) is 2.44. The Kier molecular flexibility index (Phi) is 7.60. The molecule has 1 aliphatic rings. The van der Waals surface area contributed by atoms with Crippen molar-refractivity contribution >= 4 is 28.4 Å². The molecule has 0 heterocycles. The minimum Gasteiger partial charge on any atom is -0.322 e. The van der Waals surface area contributed by atoms with Crippen LogP contribution in [0, 0.1) is 5.92 Å². The van der Waals surface area contributed by atoms with Gasteiger partial charge in [-0.05, 0) is 36.0 Å². The van der Waals surface area contributed by atoms with Crippen molar-refractivity contribution in [1.29, 1.82) is 0 Å². The zero-order valence-corrected chi connectivity index (χ0v) is 14.6. The quantitative estimate of drug-likeness (QED) is 0.250. The highest BCUT2D eigenvalue weighted by Crippen LogP contribution is 2.28. The number of hydrazone groups is 1. The average Bonchev–Trinajstić information content (AvgIpc) is 2.70. The van der Waals surface area contributed by atoms with Crippen LogP contribution in [0.2, 0.25) is 0 Å². The van der Waals surface area contributed by atoms with E-state index in [9.17, 15) is 13.2 Å². The maximum atomic E-state index is 12.1. The molecule has 1 amide bonds. The first-order chi connectivity index (χ1) is 11.2. The summed E-state index contributed by atoms with van der Waals surface area (Å²) >= 11 is 0. The number of hydrogen-bond donors (Lipinski definition) is 3. The van der Waals surface area contributed by atoms with Gasteiger partial charge in [-0.15, -0.1) is 0 Å². The zero-order valence-electron chi connectivity index (χ0n) is 13.8. The van der Waals surface area contributed by atoms with Gasteiger partial charge in [0.2, 0.25) is 0 Å². The summed E-state index contributed by atoms with van der Waals surface area (Å²) in [6.45, 7) is 2.16. The number of amides is 1. The number of hydrogen-bond acceptors (Lipinski definition) is 5. The normalized spacial score (nSPS) is 17.1. The number of carbonyl (C=O) groups excluding carboxylic acids is 1. The number of nitrogens with one attached hydrogen (secondary N) is 1. The van der Waals surface area contributed by atoms with Gasteiger partial charge in [-0.3, -0.25) is 9.35 Å². The van der Waals surface area contributed by atoms with Crippen LogP contribution in [0.25, 0.3) is 6.08 Å². The average molecular weight is 353 g/mol. The summed E-state index contributed by atoms with van der Waals surface area (Å²) in [5, 5.41) is 5.87. The van der Waals surface area contributed by atoms with E-state index in [4.69, 9.17) is 10.4 Å². The molecule has 0 aromatic heterocycles. The topological polar surface area (TPSA) is 122 Å². The summed E-state index contributed by atoms with van der Waals surface area (Å²) < 4.78 is 25.9. The summed E-state index contributed by atoms with van der Waals surface area (Å²) in [4.78, 5) is 12.1. The molecule has 0 aliphatic heterocycles. The van der Waals surface area contributed by atoms with Crippen LogP contribution in [0.3, 0.4) is 0 Å². The highest BCUT2D eigenvalue weighted by atomic mass is 32.2. The molecule has 132 valence electrons. The van der Waals surface area contributed by atoms with Crippen molar-refractivity contribution in [2.45, 2.75) is 26.2 Å². The van der Waals surface area contributed by atoms with Crippen molar-refractivity contribution in [3.63, 3.8) is 0 Å². The number of benzene rings is 1. The molecule has 0 fully saturated rings. The van der Waals surface area contributed by atoms with Crippen LogP contribution in [0.15, 0.2) is 34.9 Å². The largest absolute Gasteiger partial charge is 0.322 e. The van der Waals surface area contributed by atoms with Crippen molar-refractivity contribution in [3.8, 4) is 0 Å². The van der Waals surface area contributed by atoms with Gasteiger partial charge in [0, 0.05) is 5.57 Å². The predicted molar refractivity (Wildman–Crippen MR) is 94.8 cm³/mol. The van der Waals surface area contributed by atoms with E-state index in [1.165, 1.54) is 11.9 Å². The molecule has 1 aromatic rings. The van der Waals surface area contributed by atoms with Gasteiger partial charge in [-0.1, -0.05) is 37.6 Å². The van der Waals surface area contributed by atoms with Crippen molar-refractivity contribution < 1.29 is 17.8 Å². The van der Waals surface area contributed by atoms with Crippen LogP contribution < -0.4 is 11.2 Å². The summed E-state index contributed by atoms with van der Waals surface area (Å²) in [5.41, 5.74) is 3.23. The first kappa shape index (κ1) is 19.9. The Morgan fingerprint density at radius 2 is 2.04 bits per heavy atom. The monoisotopic (exact) mass is 353 g/mol. The van der Waals surface area contributed by atoms with E-state index >= 15 is 0 Å². The molecule has 0 bridgehead atoms. The molecule has 8 heteroatoms. The standard InChI is InChI=1S/C15H19N3O.CH4O3S/c1-2-11-7-12-5-3-4-6-13(12)9-14(8-11)15(19)17-10-18-16;1-5(2,3)4/h3-6,9-11H,2,7-8,16H2,1H3,(H,17,18,19);1H3,(H,2,3,4). The second kappa shape index (κ2) is 9.19. The highest BCUT2D eigenvalue weighted by molar-refractivity contribution is 7.85. The van der Waals surface area contributed by atoms with Gasteiger partial charge >= 0.3 is 0 Å². The summed E-state index contributed by atoms with van der Waals surface area (Å²) in [7, 11) is -3.67. The SMILES string of the molecule is CCC1CC(C(=O)NC=NN)=Cc2ccccc2C1.CS(=O)(=O)O. The Bertz CT molecular complexity index is 719. The minimum atomic E-state index is -3.67. The van der Waals surface area contributed by atoms with E-state index in [0.29, 0.717) is 12.2 Å². The molecule has 0 spiro atoms. The Morgan fingerprint density at radius 3 is 2.62 bits per heavy atom. The van der Waals surface area contributed by atoms with Gasteiger partial charge in [0.1, 0.15) is 6.34 Å². The molecule has 4 N–H and O–H groups in total. The first-order valence-corrected chi connectivity index (χ1v) is 9.33. The third-order valence-electron chi connectivity index (χ3n) is 3.54. The molecule has 7 nitrogen and oxygen atoms in total. The molecule has 1 aliphatic carbocycles. The lowest BCUT2D eigenvalue weighted by Gasteiger charge is -2.13. The Morgan fingerprint density at radius 1 is 1.42 bits per heavy atom. The Hall–Kier alpha value is -2.19. The van der Waals surface area contributed by atoms with E-state index in [-0.39, 0.29) is 5.91 Å². The Labute approximate surface area is 142 Å². The van der Waals surface area contributed by atoms with Crippen LogP contribution in [-0.2, 0) is 21.3 Å². The van der Waals surface area contributed by atoms with E-state index in [1.54, 1.807) is 0 Å². The molecule has 2 rings (SSSR count). The van der Waals surface area contributed by atoms with Crippen LogP contribution in [0.1, 0.15) is 30.9 Å². The Balaban J connectivity index is 0.000000505. The molecule has 0 saturated carbocycles. The number of nitrogens with two attached hydrogens (primary N) is 1. The number of carbonyl (C=O) groups is 1. The molecule has 0 radical (unpaired) electrons. The summed E-state index contributed by atoms with van der Waals surface area (Å²) in [5.74, 6) is 5.38. The van der Waals surface area contributed by atoms with Crippen LogP contribution in [0.4, 0.5) is 0 Å². The molecule has 1 atom stereocenters. The fourth-order valence-corrected chi connectivity index (χ4v) is 2.44. The maximum absolute atomic E-state index is 12.1. The summed E-state index contributed by atoms with van der Waals surface area (Å²) in [6, 6.07) is 8.23. The van der Waals surface area contributed by atoms with Gasteiger partial charge in [0.25, 0.3) is 16.0 Å². The van der Waals surface area contributed by atoms with E-state index in [1.807, 2.05) is 18.2 Å². The molecular formula is C16H23N3O4S. The maximum Gasteiger partial charge on any atom is 0.261 e. The third kappa shape index (κ3) is 7.38. The summed E-state index contributed by atoms with van der Waals surface area (Å²) in [6.07, 6.45) is 6.78. The molecule has 1 unspecified atom stereocenters. The molecular weight excluding hydrogens is 330 g/mol. The van der Waals surface area contributed by atoms with E-state index in [2.05, 4.69) is 29.5 Å². The molecule has 24 heavy (non-hydrogen) atoms. The van der Waals surface area contributed by atoms with Gasteiger partial charge in [-0.25, -0.2) is 0 Å². The minimum absolute atomic E-state index is 0.121. The lowest BCUT2D eigenvalue weighted by atomic mass is 9.92. The smallest absolute Gasteiger partial charge is 0.261 e. The van der Waals surface area contributed by atoms with Crippen molar-refractivity contribution in [2.75, 3.05) is 6.26 Å². The van der Waals surface area contributed by atoms with Crippen molar-refractivity contribution in [1.82, 2.24) is 5.32 Å². The van der Waals surface area contributed by atoms with Gasteiger partial charge in [0.05, 0.1) is 6.26 Å². The lowest BCUT2D eigenvalue weighted by molar-refractivity contribution is -0.116. The highest BCUT2D eigenvalue weighted by Gasteiger charge is 2.20. The van der Waals surface area contributed by atoms with E-state index in [0.717, 1.165) is 30.4 Å². The van der Waals surface area contributed by atoms with Gasteiger partial charge in [0.15, 0.2) is 0 Å². The predicted octanol–water partition coefficient (Wildman–Crippen LogP) is 1.56. The second-order valence-corrected chi connectivity index (χ2v) is 7.00.